The fraction of sp³-hybridized carbons (Fsp3) is 0.812. The van der Waals surface area contributed by atoms with Gasteiger partial charge >= 0.3 is 0 Å². The minimum absolute atomic E-state index is 0.0722. The van der Waals surface area contributed by atoms with Gasteiger partial charge in [0.2, 0.25) is 5.91 Å². The van der Waals surface area contributed by atoms with Crippen molar-refractivity contribution in [3.63, 3.8) is 0 Å². The predicted molar refractivity (Wildman–Crippen MR) is 81.1 cm³/mol. The molecule has 0 spiro atoms. The van der Waals surface area contributed by atoms with Crippen molar-refractivity contribution < 1.29 is 4.79 Å². The highest BCUT2D eigenvalue weighted by Crippen LogP contribution is 2.38. The fourth-order valence-corrected chi connectivity index (χ4v) is 3.37. The molecule has 1 heterocycles. The summed E-state index contributed by atoms with van der Waals surface area (Å²) in [6, 6.07) is 0.312. The summed E-state index contributed by atoms with van der Waals surface area (Å²) in [5.74, 6) is 0.0722. The van der Waals surface area contributed by atoms with E-state index >= 15 is 0 Å². The summed E-state index contributed by atoms with van der Waals surface area (Å²) in [6.45, 7) is 15.7. The summed E-state index contributed by atoms with van der Waals surface area (Å²) in [7, 11) is 2.19. The molecule has 0 aliphatic carbocycles. The standard InChI is InChI=1S/C16H30N2O/c1-8-10-18(14(19)9-2)13-11-15(3,4)17(7)16(5,6)12-13/h9,13H,2,8,10-12H2,1,3-7H3. The van der Waals surface area contributed by atoms with E-state index in [4.69, 9.17) is 0 Å². The van der Waals surface area contributed by atoms with Crippen LogP contribution in [0.25, 0.3) is 0 Å². The van der Waals surface area contributed by atoms with E-state index in [-0.39, 0.29) is 17.0 Å². The zero-order valence-corrected chi connectivity index (χ0v) is 13.5. The summed E-state index contributed by atoms with van der Waals surface area (Å²) in [5, 5.41) is 0. The second kappa shape index (κ2) is 5.66. The van der Waals surface area contributed by atoms with E-state index in [9.17, 15) is 4.79 Å². The van der Waals surface area contributed by atoms with Crippen LogP contribution < -0.4 is 0 Å². The van der Waals surface area contributed by atoms with Crippen LogP contribution in [0, 0.1) is 0 Å². The SMILES string of the molecule is C=CC(=O)N(CCC)C1CC(C)(C)N(C)C(C)(C)C1. The number of likely N-dealkylation sites (tertiary alicyclic amines) is 1. The molecule has 0 unspecified atom stereocenters. The summed E-state index contributed by atoms with van der Waals surface area (Å²) in [4.78, 5) is 16.6. The highest BCUT2D eigenvalue weighted by Gasteiger charge is 2.45. The van der Waals surface area contributed by atoms with Crippen molar-refractivity contribution in [1.29, 1.82) is 0 Å². The lowest BCUT2D eigenvalue weighted by molar-refractivity contribution is -0.133. The molecule has 3 heteroatoms. The van der Waals surface area contributed by atoms with Gasteiger partial charge in [-0.05, 0) is 60.1 Å². The van der Waals surface area contributed by atoms with Crippen LogP contribution in [0.4, 0.5) is 0 Å². The molecule has 3 nitrogen and oxygen atoms in total. The van der Waals surface area contributed by atoms with Gasteiger partial charge in [0, 0.05) is 23.7 Å². The highest BCUT2D eigenvalue weighted by molar-refractivity contribution is 5.87. The van der Waals surface area contributed by atoms with Crippen molar-refractivity contribution >= 4 is 5.91 Å². The Morgan fingerprint density at radius 3 is 2.16 bits per heavy atom. The van der Waals surface area contributed by atoms with Crippen LogP contribution in [-0.2, 0) is 4.79 Å². The van der Waals surface area contributed by atoms with Gasteiger partial charge in [0.1, 0.15) is 0 Å². The number of rotatable bonds is 4. The maximum Gasteiger partial charge on any atom is 0.246 e. The van der Waals surface area contributed by atoms with E-state index in [1.165, 1.54) is 6.08 Å². The molecule has 1 saturated heterocycles. The van der Waals surface area contributed by atoms with E-state index in [0.717, 1.165) is 25.8 Å². The molecule has 1 rings (SSSR count). The van der Waals surface area contributed by atoms with Gasteiger partial charge < -0.3 is 4.90 Å². The Morgan fingerprint density at radius 2 is 1.79 bits per heavy atom. The number of carbonyl (C=O) groups is 1. The number of hydrogen-bond donors (Lipinski definition) is 0. The molecule has 19 heavy (non-hydrogen) atoms. The summed E-state index contributed by atoms with van der Waals surface area (Å²) < 4.78 is 0. The molecule has 1 aliphatic heterocycles. The molecule has 1 fully saturated rings. The van der Waals surface area contributed by atoms with Gasteiger partial charge in [-0.3, -0.25) is 9.69 Å². The predicted octanol–water partition coefficient (Wildman–Crippen LogP) is 3.06. The van der Waals surface area contributed by atoms with Crippen molar-refractivity contribution in [2.75, 3.05) is 13.6 Å². The van der Waals surface area contributed by atoms with Crippen molar-refractivity contribution in [1.82, 2.24) is 9.80 Å². The summed E-state index contributed by atoms with van der Waals surface area (Å²) >= 11 is 0. The van der Waals surface area contributed by atoms with Crippen molar-refractivity contribution in [3.8, 4) is 0 Å². The largest absolute Gasteiger partial charge is 0.336 e. The summed E-state index contributed by atoms with van der Waals surface area (Å²) in [5.41, 5.74) is 0.222. The first kappa shape index (κ1) is 16.2. The maximum absolute atomic E-state index is 12.1. The van der Waals surface area contributed by atoms with E-state index in [1.807, 2.05) is 4.90 Å². The Labute approximate surface area is 118 Å². The molecule has 0 N–H and O–H groups in total. The molecule has 0 bridgehead atoms. The zero-order valence-electron chi connectivity index (χ0n) is 13.5. The molecule has 110 valence electrons. The third-order valence-corrected chi connectivity index (χ3v) is 4.65. The van der Waals surface area contributed by atoms with Crippen LogP contribution in [0.15, 0.2) is 12.7 Å². The zero-order chi connectivity index (χ0) is 14.8. The van der Waals surface area contributed by atoms with Gasteiger partial charge in [-0.2, -0.15) is 0 Å². The van der Waals surface area contributed by atoms with Crippen LogP contribution in [0.3, 0.4) is 0 Å². The Bertz CT molecular complexity index is 329. The van der Waals surface area contributed by atoms with Gasteiger partial charge in [-0.15, -0.1) is 0 Å². The average Bonchev–Trinajstić information content (AvgIpc) is 2.31. The molecule has 1 aliphatic rings. The molecule has 0 atom stereocenters. The van der Waals surface area contributed by atoms with Gasteiger partial charge in [0.05, 0.1) is 0 Å². The van der Waals surface area contributed by atoms with Crippen LogP contribution in [0.5, 0.6) is 0 Å². The lowest BCUT2D eigenvalue weighted by atomic mass is 9.77. The van der Waals surface area contributed by atoms with E-state index in [0.29, 0.717) is 6.04 Å². The van der Waals surface area contributed by atoms with Gasteiger partial charge in [-0.1, -0.05) is 13.5 Å². The molecular weight excluding hydrogens is 236 g/mol. The number of amides is 1. The first-order valence-corrected chi connectivity index (χ1v) is 7.32. The molecule has 0 aromatic rings. The van der Waals surface area contributed by atoms with Gasteiger partial charge in [0.25, 0.3) is 0 Å². The molecule has 0 aromatic heterocycles. The average molecular weight is 266 g/mol. The molecular formula is C16H30N2O. The van der Waals surface area contributed by atoms with Crippen molar-refractivity contribution in [3.05, 3.63) is 12.7 Å². The summed E-state index contributed by atoms with van der Waals surface area (Å²) in [6.07, 6.45) is 4.49. The minimum atomic E-state index is 0.0722. The molecule has 0 aromatic carbocycles. The van der Waals surface area contributed by atoms with Crippen LogP contribution in [0.2, 0.25) is 0 Å². The van der Waals surface area contributed by atoms with Crippen LogP contribution in [0.1, 0.15) is 53.9 Å². The van der Waals surface area contributed by atoms with Crippen molar-refractivity contribution in [2.45, 2.75) is 71.0 Å². The second-order valence-electron chi connectivity index (χ2n) is 6.98. The first-order valence-electron chi connectivity index (χ1n) is 7.32. The topological polar surface area (TPSA) is 23.6 Å². The van der Waals surface area contributed by atoms with Crippen LogP contribution >= 0.6 is 0 Å². The maximum atomic E-state index is 12.1. The van der Waals surface area contributed by atoms with Crippen molar-refractivity contribution in [2.24, 2.45) is 0 Å². The van der Waals surface area contributed by atoms with E-state index in [2.05, 4.69) is 53.1 Å². The van der Waals surface area contributed by atoms with Crippen LogP contribution in [-0.4, -0.2) is 46.4 Å². The highest BCUT2D eigenvalue weighted by atomic mass is 16.2. The van der Waals surface area contributed by atoms with Gasteiger partial charge in [0.15, 0.2) is 0 Å². The Balaban J connectivity index is 2.99. The molecule has 0 saturated carbocycles. The number of nitrogens with zero attached hydrogens (tertiary/aromatic N) is 2. The normalized spacial score (nSPS) is 23.1. The van der Waals surface area contributed by atoms with E-state index in [1.54, 1.807) is 0 Å². The monoisotopic (exact) mass is 266 g/mol. The third-order valence-electron chi connectivity index (χ3n) is 4.65. The molecule has 0 radical (unpaired) electrons. The third kappa shape index (κ3) is 3.38. The van der Waals surface area contributed by atoms with E-state index < -0.39 is 0 Å². The lowest BCUT2D eigenvalue weighted by Gasteiger charge is -2.55. The molecule has 1 amide bonds. The van der Waals surface area contributed by atoms with Gasteiger partial charge in [-0.25, -0.2) is 0 Å². The first-order chi connectivity index (χ1) is 8.65. The smallest absolute Gasteiger partial charge is 0.246 e. The Kier molecular flexibility index (Phi) is 4.83. The fourth-order valence-electron chi connectivity index (χ4n) is 3.37. The quantitative estimate of drug-likeness (QED) is 0.730. The second-order valence-corrected chi connectivity index (χ2v) is 6.98. The minimum Gasteiger partial charge on any atom is -0.336 e. The number of piperidine rings is 1. The Hall–Kier alpha value is -0.830. The lowest BCUT2D eigenvalue weighted by Crippen LogP contribution is -2.63. The number of hydrogen-bond acceptors (Lipinski definition) is 2. The number of carbonyl (C=O) groups excluding carboxylic acids is 1. The Morgan fingerprint density at radius 1 is 1.32 bits per heavy atom.